The summed E-state index contributed by atoms with van der Waals surface area (Å²) in [4.78, 5) is 49.0. The fraction of sp³-hybridized carbons (Fsp3) is 0.500. The van der Waals surface area contributed by atoms with Crippen LogP contribution >= 0.6 is 0 Å². The summed E-state index contributed by atoms with van der Waals surface area (Å²) in [5.74, 6) is -1.60. The van der Waals surface area contributed by atoms with Crippen molar-refractivity contribution in [1.29, 1.82) is 0 Å². The third kappa shape index (κ3) is 4.93. The van der Waals surface area contributed by atoms with Gasteiger partial charge in [0.2, 0.25) is 0 Å². The van der Waals surface area contributed by atoms with Gasteiger partial charge in [0, 0.05) is 5.56 Å². The molecule has 1 aliphatic heterocycles. The van der Waals surface area contributed by atoms with E-state index in [1.807, 2.05) is 12.1 Å². The van der Waals surface area contributed by atoms with Gasteiger partial charge in [-0.05, 0) is 31.7 Å². The molecule has 0 saturated carbocycles. The number of unbranched alkanes of at least 4 members (excludes halogenated alkanes) is 1. The van der Waals surface area contributed by atoms with Crippen molar-refractivity contribution in [2.24, 2.45) is 0 Å². The van der Waals surface area contributed by atoms with Crippen LogP contribution in [-0.2, 0) is 20.7 Å². The van der Waals surface area contributed by atoms with Gasteiger partial charge in [0.25, 0.3) is 5.91 Å². The number of carbonyl (C=O) groups is 4. The van der Waals surface area contributed by atoms with Gasteiger partial charge in [0.15, 0.2) is 12.4 Å². The van der Waals surface area contributed by atoms with Crippen LogP contribution in [0.3, 0.4) is 0 Å². The van der Waals surface area contributed by atoms with Crippen molar-refractivity contribution in [2.75, 3.05) is 13.2 Å². The molecule has 0 aromatic heterocycles. The summed E-state index contributed by atoms with van der Waals surface area (Å²) in [5.41, 5.74) is 0.603. The van der Waals surface area contributed by atoms with Crippen molar-refractivity contribution in [3.05, 3.63) is 35.4 Å². The number of ketones is 1. The van der Waals surface area contributed by atoms with E-state index in [9.17, 15) is 19.2 Å². The second-order valence-corrected chi connectivity index (χ2v) is 6.89. The summed E-state index contributed by atoms with van der Waals surface area (Å²) < 4.78 is 4.95. The molecule has 2 rings (SSSR count). The van der Waals surface area contributed by atoms with Gasteiger partial charge in [-0.15, -0.1) is 0 Å². The fourth-order valence-electron chi connectivity index (χ4n) is 2.77. The number of urea groups is 1. The van der Waals surface area contributed by atoms with Gasteiger partial charge in [0.1, 0.15) is 12.1 Å². The van der Waals surface area contributed by atoms with E-state index in [0.717, 1.165) is 29.7 Å². The highest BCUT2D eigenvalue weighted by atomic mass is 16.5. The zero-order chi connectivity index (χ0) is 20.0. The van der Waals surface area contributed by atoms with Gasteiger partial charge < -0.3 is 10.1 Å². The van der Waals surface area contributed by atoms with Gasteiger partial charge in [-0.3, -0.25) is 19.3 Å². The van der Waals surface area contributed by atoms with Crippen molar-refractivity contribution in [2.45, 2.75) is 52.0 Å². The molecule has 0 aliphatic carbocycles. The number of Topliss-reactive ketones (excluding diaryl/α,β-unsaturated/α-hetero) is 1. The second kappa shape index (κ2) is 8.79. The number of ether oxygens (including phenoxy) is 1. The van der Waals surface area contributed by atoms with Gasteiger partial charge in [-0.2, -0.15) is 0 Å². The van der Waals surface area contributed by atoms with Crippen LogP contribution in [0.25, 0.3) is 0 Å². The van der Waals surface area contributed by atoms with Crippen molar-refractivity contribution in [3.8, 4) is 0 Å². The summed E-state index contributed by atoms with van der Waals surface area (Å²) in [7, 11) is 0. The second-order valence-electron chi connectivity index (χ2n) is 6.89. The summed E-state index contributed by atoms with van der Waals surface area (Å²) in [6.07, 6.45) is 3.56. The van der Waals surface area contributed by atoms with E-state index >= 15 is 0 Å². The zero-order valence-electron chi connectivity index (χ0n) is 16.0. The lowest BCUT2D eigenvalue weighted by atomic mass is 9.99. The van der Waals surface area contributed by atoms with Crippen LogP contribution in [-0.4, -0.2) is 47.3 Å². The van der Waals surface area contributed by atoms with Crippen LogP contribution in [0.2, 0.25) is 0 Å². The van der Waals surface area contributed by atoms with Crippen LogP contribution in [0.4, 0.5) is 4.79 Å². The molecule has 1 atom stereocenters. The predicted octanol–water partition coefficient (Wildman–Crippen LogP) is 2.48. The Morgan fingerprint density at radius 2 is 1.81 bits per heavy atom. The van der Waals surface area contributed by atoms with Crippen LogP contribution in [0, 0.1) is 0 Å². The molecule has 1 unspecified atom stereocenters. The maximum Gasteiger partial charge on any atom is 0.326 e. The van der Waals surface area contributed by atoms with E-state index in [4.69, 9.17) is 4.74 Å². The molecule has 1 fully saturated rings. The number of benzene rings is 1. The van der Waals surface area contributed by atoms with Crippen molar-refractivity contribution >= 4 is 23.7 Å². The minimum Gasteiger partial charge on any atom is -0.456 e. The molecule has 1 aromatic carbocycles. The molecule has 1 N–H and O–H groups in total. The van der Waals surface area contributed by atoms with E-state index in [1.54, 1.807) is 26.0 Å². The average molecular weight is 374 g/mol. The molecule has 0 radical (unpaired) electrons. The Hall–Kier alpha value is -2.70. The van der Waals surface area contributed by atoms with Crippen LogP contribution in [0.1, 0.15) is 56.0 Å². The molecule has 3 amide bonds. The van der Waals surface area contributed by atoms with E-state index in [1.165, 1.54) is 0 Å². The minimum absolute atomic E-state index is 0.332. The Labute approximate surface area is 159 Å². The highest BCUT2D eigenvalue weighted by molar-refractivity contribution is 6.08. The number of hydrogen-bond donors (Lipinski definition) is 1. The number of amides is 3. The molecule has 7 heteroatoms. The van der Waals surface area contributed by atoms with Gasteiger partial charge in [-0.1, -0.05) is 44.5 Å². The summed E-state index contributed by atoms with van der Waals surface area (Å²) in [6.45, 7) is 4.55. The summed E-state index contributed by atoms with van der Waals surface area (Å²) in [6, 6.07) is 6.58. The molecule has 0 bridgehead atoms. The maximum absolute atomic E-state index is 12.2. The summed E-state index contributed by atoms with van der Waals surface area (Å²) >= 11 is 0. The molecule has 146 valence electrons. The first-order valence-corrected chi connectivity index (χ1v) is 9.22. The number of imide groups is 1. The van der Waals surface area contributed by atoms with E-state index in [2.05, 4.69) is 12.2 Å². The van der Waals surface area contributed by atoms with Crippen LogP contribution < -0.4 is 5.32 Å². The first-order chi connectivity index (χ1) is 12.8. The van der Waals surface area contributed by atoms with Crippen molar-refractivity contribution in [1.82, 2.24) is 10.2 Å². The fourth-order valence-corrected chi connectivity index (χ4v) is 2.77. The van der Waals surface area contributed by atoms with E-state index in [0.29, 0.717) is 12.0 Å². The minimum atomic E-state index is -1.01. The molecule has 1 aromatic rings. The third-order valence-electron chi connectivity index (χ3n) is 4.80. The van der Waals surface area contributed by atoms with E-state index in [-0.39, 0.29) is 5.78 Å². The third-order valence-corrected chi connectivity index (χ3v) is 4.80. The topological polar surface area (TPSA) is 92.8 Å². The lowest BCUT2D eigenvalue weighted by molar-refractivity contribution is -0.146. The van der Waals surface area contributed by atoms with Gasteiger partial charge in [0.05, 0.1) is 0 Å². The largest absolute Gasteiger partial charge is 0.456 e. The molecule has 27 heavy (non-hydrogen) atoms. The molecular formula is C20H26N2O5. The molecule has 1 heterocycles. The molecular weight excluding hydrogens is 348 g/mol. The Kier molecular flexibility index (Phi) is 6.71. The highest BCUT2D eigenvalue weighted by Gasteiger charge is 2.47. The highest BCUT2D eigenvalue weighted by Crippen LogP contribution is 2.20. The molecule has 0 spiro atoms. The molecule has 1 saturated heterocycles. The number of carbonyl (C=O) groups excluding carboxylic acids is 4. The number of nitrogens with one attached hydrogen (secondary N) is 1. The SMILES string of the molecule is CCCCc1ccc(C(=O)COC(=O)CN2C(=O)NC(C)(CC)C2=O)cc1. The number of nitrogens with zero attached hydrogens (tertiary/aromatic N) is 1. The van der Waals surface area contributed by atoms with Crippen molar-refractivity contribution < 1.29 is 23.9 Å². The Bertz CT molecular complexity index is 728. The standard InChI is InChI=1S/C20H26N2O5/c1-4-6-7-14-8-10-15(11-9-14)16(23)13-27-17(24)12-22-18(25)20(3,5-2)21-19(22)26/h8-11H,4-7,12-13H2,1-3H3,(H,21,26). The number of rotatable bonds is 9. The normalized spacial score (nSPS) is 19.1. The van der Waals surface area contributed by atoms with Gasteiger partial charge >= 0.3 is 12.0 Å². The number of hydrogen-bond acceptors (Lipinski definition) is 5. The molecule has 7 nitrogen and oxygen atoms in total. The first-order valence-electron chi connectivity index (χ1n) is 9.22. The average Bonchev–Trinajstić information content (AvgIpc) is 2.88. The Balaban J connectivity index is 1.85. The number of esters is 1. The monoisotopic (exact) mass is 374 g/mol. The van der Waals surface area contributed by atoms with E-state index < -0.39 is 36.6 Å². The van der Waals surface area contributed by atoms with Crippen LogP contribution in [0.15, 0.2) is 24.3 Å². The Morgan fingerprint density at radius 1 is 1.15 bits per heavy atom. The quantitative estimate of drug-likeness (QED) is 0.407. The number of aryl methyl sites for hydroxylation is 1. The van der Waals surface area contributed by atoms with Crippen molar-refractivity contribution in [3.63, 3.8) is 0 Å². The summed E-state index contributed by atoms with van der Waals surface area (Å²) in [5, 5.41) is 2.56. The smallest absolute Gasteiger partial charge is 0.326 e. The van der Waals surface area contributed by atoms with Crippen LogP contribution in [0.5, 0.6) is 0 Å². The predicted molar refractivity (Wildman–Crippen MR) is 99.3 cm³/mol. The lowest BCUT2D eigenvalue weighted by Crippen LogP contribution is -2.43. The lowest BCUT2D eigenvalue weighted by Gasteiger charge is -2.18. The van der Waals surface area contributed by atoms with Gasteiger partial charge in [-0.25, -0.2) is 4.79 Å². The zero-order valence-corrected chi connectivity index (χ0v) is 16.0. The molecule has 1 aliphatic rings. The first kappa shape index (κ1) is 20.6. The Morgan fingerprint density at radius 3 is 2.37 bits per heavy atom. The maximum atomic E-state index is 12.2.